The predicted octanol–water partition coefficient (Wildman–Crippen LogP) is 4.99. The number of hydrogen-bond acceptors (Lipinski definition) is 4. The van der Waals surface area contributed by atoms with Crippen molar-refractivity contribution in [2.75, 3.05) is 26.5 Å². The van der Waals surface area contributed by atoms with Gasteiger partial charge in [-0.05, 0) is 48.2 Å². The maximum atomic E-state index is 12.0. The molecule has 0 spiro atoms. The Bertz CT molecular complexity index is 751. The van der Waals surface area contributed by atoms with E-state index in [0.29, 0.717) is 39.6 Å². The van der Waals surface area contributed by atoms with Crippen LogP contribution in [-0.4, -0.2) is 32.4 Å². The number of benzene rings is 2. The Labute approximate surface area is 174 Å². The first-order valence-corrected chi connectivity index (χ1v) is 10.4. The standard InChI is InChI=1S/C20H23Cl2NO3S/c1-25-18-9-8-14(11-19(18)26-2)5-4-10-23-20(24)13-27-12-15-16(21)6-3-7-17(15)22/h3,6-9,11H,4-5,10,12-13H2,1-2H3,(H,23,24). The third-order valence-electron chi connectivity index (χ3n) is 3.95. The average molecular weight is 428 g/mol. The Hall–Kier alpha value is -1.56. The number of amides is 1. The zero-order valence-electron chi connectivity index (χ0n) is 15.4. The summed E-state index contributed by atoms with van der Waals surface area (Å²) in [5.41, 5.74) is 2.01. The van der Waals surface area contributed by atoms with Crippen molar-refractivity contribution in [3.05, 3.63) is 57.6 Å². The molecule has 146 valence electrons. The summed E-state index contributed by atoms with van der Waals surface area (Å²) in [5.74, 6) is 2.42. The lowest BCUT2D eigenvalue weighted by atomic mass is 10.1. The fourth-order valence-electron chi connectivity index (χ4n) is 2.52. The van der Waals surface area contributed by atoms with Crippen LogP contribution in [0.15, 0.2) is 36.4 Å². The number of thioether (sulfide) groups is 1. The Morgan fingerprint density at radius 2 is 1.78 bits per heavy atom. The van der Waals surface area contributed by atoms with Gasteiger partial charge in [-0.2, -0.15) is 0 Å². The number of methoxy groups -OCH3 is 2. The molecule has 4 nitrogen and oxygen atoms in total. The van der Waals surface area contributed by atoms with Crippen LogP contribution in [0, 0.1) is 0 Å². The summed E-state index contributed by atoms with van der Waals surface area (Å²) in [6.07, 6.45) is 1.70. The van der Waals surface area contributed by atoms with Gasteiger partial charge in [0.05, 0.1) is 20.0 Å². The van der Waals surface area contributed by atoms with Crippen molar-refractivity contribution >= 4 is 40.9 Å². The summed E-state index contributed by atoms with van der Waals surface area (Å²) in [7, 11) is 3.24. The maximum Gasteiger partial charge on any atom is 0.230 e. The van der Waals surface area contributed by atoms with Crippen LogP contribution in [0.1, 0.15) is 17.5 Å². The third kappa shape index (κ3) is 6.83. The highest BCUT2D eigenvalue weighted by Gasteiger charge is 2.08. The van der Waals surface area contributed by atoms with Gasteiger partial charge in [0.1, 0.15) is 0 Å². The molecule has 27 heavy (non-hydrogen) atoms. The lowest BCUT2D eigenvalue weighted by Crippen LogP contribution is -2.26. The Morgan fingerprint density at radius 3 is 2.44 bits per heavy atom. The fraction of sp³-hybridized carbons (Fsp3) is 0.350. The molecule has 0 heterocycles. The van der Waals surface area contributed by atoms with Gasteiger partial charge < -0.3 is 14.8 Å². The maximum absolute atomic E-state index is 12.0. The van der Waals surface area contributed by atoms with Gasteiger partial charge in [-0.25, -0.2) is 0 Å². The van der Waals surface area contributed by atoms with Gasteiger partial charge in [0.25, 0.3) is 0 Å². The summed E-state index contributed by atoms with van der Waals surface area (Å²) in [5, 5.41) is 4.20. The van der Waals surface area contributed by atoms with Crippen molar-refractivity contribution in [2.24, 2.45) is 0 Å². The van der Waals surface area contributed by atoms with E-state index in [0.717, 1.165) is 24.0 Å². The van der Waals surface area contributed by atoms with E-state index < -0.39 is 0 Å². The first kappa shape index (κ1) is 21.7. The first-order valence-electron chi connectivity index (χ1n) is 8.53. The van der Waals surface area contributed by atoms with Gasteiger partial charge in [-0.1, -0.05) is 35.3 Å². The van der Waals surface area contributed by atoms with Crippen molar-refractivity contribution in [1.82, 2.24) is 5.32 Å². The van der Waals surface area contributed by atoms with E-state index in [-0.39, 0.29) is 5.91 Å². The highest BCUT2D eigenvalue weighted by atomic mass is 35.5. The number of hydrogen-bond donors (Lipinski definition) is 1. The molecular formula is C20H23Cl2NO3S. The van der Waals surface area contributed by atoms with Crippen molar-refractivity contribution in [3.63, 3.8) is 0 Å². The van der Waals surface area contributed by atoms with Gasteiger partial charge in [-0.15, -0.1) is 11.8 Å². The molecule has 0 bridgehead atoms. The predicted molar refractivity (Wildman–Crippen MR) is 114 cm³/mol. The number of carbonyl (C=O) groups excluding carboxylic acids is 1. The molecule has 0 aliphatic heterocycles. The van der Waals surface area contributed by atoms with E-state index in [9.17, 15) is 4.79 Å². The molecule has 0 fully saturated rings. The van der Waals surface area contributed by atoms with E-state index in [1.807, 2.05) is 24.3 Å². The Morgan fingerprint density at radius 1 is 1.07 bits per heavy atom. The number of carbonyl (C=O) groups is 1. The van der Waals surface area contributed by atoms with E-state index in [1.54, 1.807) is 26.4 Å². The van der Waals surface area contributed by atoms with Gasteiger partial charge >= 0.3 is 0 Å². The molecule has 0 aliphatic carbocycles. The van der Waals surface area contributed by atoms with Crippen molar-refractivity contribution in [1.29, 1.82) is 0 Å². The summed E-state index contributed by atoms with van der Waals surface area (Å²) in [6.45, 7) is 0.626. The molecule has 0 atom stereocenters. The van der Waals surface area contributed by atoms with Crippen LogP contribution in [0.5, 0.6) is 11.5 Å². The topological polar surface area (TPSA) is 47.6 Å². The van der Waals surface area contributed by atoms with Crippen molar-refractivity contribution in [3.8, 4) is 11.5 Å². The van der Waals surface area contributed by atoms with Gasteiger partial charge in [0, 0.05) is 22.3 Å². The summed E-state index contributed by atoms with van der Waals surface area (Å²) in [6, 6.07) is 11.3. The second-order valence-electron chi connectivity index (χ2n) is 5.84. The minimum Gasteiger partial charge on any atom is -0.493 e. The molecule has 0 saturated carbocycles. The summed E-state index contributed by atoms with van der Waals surface area (Å²) < 4.78 is 10.5. The van der Waals surface area contributed by atoms with Gasteiger partial charge in [-0.3, -0.25) is 4.79 Å². The second-order valence-corrected chi connectivity index (χ2v) is 7.64. The number of nitrogens with one attached hydrogen (secondary N) is 1. The molecule has 2 aromatic rings. The molecule has 7 heteroatoms. The van der Waals surface area contributed by atoms with Gasteiger partial charge in [0.15, 0.2) is 11.5 Å². The summed E-state index contributed by atoms with van der Waals surface area (Å²) in [4.78, 5) is 12.0. The lowest BCUT2D eigenvalue weighted by molar-refractivity contribution is -0.118. The average Bonchev–Trinajstić information content (AvgIpc) is 2.67. The zero-order valence-corrected chi connectivity index (χ0v) is 17.7. The number of rotatable bonds is 10. The number of aryl methyl sites for hydroxylation is 1. The largest absolute Gasteiger partial charge is 0.493 e. The normalized spacial score (nSPS) is 10.5. The lowest BCUT2D eigenvalue weighted by Gasteiger charge is -2.10. The molecule has 1 N–H and O–H groups in total. The first-order chi connectivity index (χ1) is 13.0. The van der Waals surface area contributed by atoms with Crippen LogP contribution >= 0.6 is 35.0 Å². The molecular weight excluding hydrogens is 405 g/mol. The van der Waals surface area contributed by atoms with Crippen LogP contribution in [0.2, 0.25) is 10.0 Å². The van der Waals surface area contributed by atoms with E-state index in [4.69, 9.17) is 32.7 Å². The molecule has 0 aromatic heterocycles. The Kier molecular flexibility index (Phi) is 9.11. The fourth-order valence-corrected chi connectivity index (χ4v) is 4.12. The monoisotopic (exact) mass is 427 g/mol. The van der Waals surface area contributed by atoms with E-state index in [2.05, 4.69) is 5.32 Å². The van der Waals surface area contributed by atoms with Gasteiger partial charge in [0.2, 0.25) is 5.91 Å². The third-order valence-corrected chi connectivity index (χ3v) is 5.62. The molecule has 2 rings (SSSR count). The molecule has 0 unspecified atom stereocenters. The van der Waals surface area contributed by atoms with Crippen LogP contribution in [0.25, 0.3) is 0 Å². The highest BCUT2D eigenvalue weighted by molar-refractivity contribution is 7.99. The van der Waals surface area contributed by atoms with E-state index >= 15 is 0 Å². The quantitative estimate of drug-likeness (QED) is 0.542. The number of halogens is 2. The minimum atomic E-state index is 0.00971. The molecule has 0 aliphatic rings. The van der Waals surface area contributed by atoms with Crippen LogP contribution < -0.4 is 14.8 Å². The van der Waals surface area contributed by atoms with Crippen LogP contribution in [-0.2, 0) is 17.0 Å². The Balaban J connectivity index is 1.68. The molecule has 0 radical (unpaired) electrons. The smallest absolute Gasteiger partial charge is 0.230 e. The molecule has 2 aromatic carbocycles. The highest BCUT2D eigenvalue weighted by Crippen LogP contribution is 2.29. The summed E-state index contributed by atoms with van der Waals surface area (Å²) >= 11 is 13.8. The SMILES string of the molecule is COc1ccc(CCCNC(=O)CSCc2c(Cl)cccc2Cl)cc1OC. The van der Waals surface area contributed by atoms with Crippen LogP contribution in [0.3, 0.4) is 0 Å². The number of ether oxygens (including phenoxy) is 2. The second kappa shape index (κ2) is 11.3. The van der Waals surface area contributed by atoms with Crippen LogP contribution in [0.4, 0.5) is 0 Å². The van der Waals surface area contributed by atoms with Crippen molar-refractivity contribution in [2.45, 2.75) is 18.6 Å². The minimum absolute atomic E-state index is 0.00971. The molecule has 1 amide bonds. The molecule has 0 saturated heterocycles. The van der Waals surface area contributed by atoms with E-state index in [1.165, 1.54) is 11.8 Å². The zero-order chi connectivity index (χ0) is 19.6. The van der Waals surface area contributed by atoms with Crippen molar-refractivity contribution < 1.29 is 14.3 Å².